The molecule has 2 rings (SSSR count). The third-order valence-electron chi connectivity index (χ3n) is 2.54. The normalized spacial score (nSPS) is 10.2. The Labute approximate surface area is 109 Å². The Morgan fingerprint density at radius 2 is 2.37 bits per heavy atom. The molecule has 1 heterocycles. The highest BCUT2D eigenvalue weighted by atomic mass is 16.5. The standard InChI is InChI=1S/C12H14N4O3/c1-19-11-3-2-9(8-10(11)17)12(18)13-4-6-16-7-5-14-15-16/h2-3,5,7-8,17H,4,6H2,1H3,(H,13,18). The first kappa shape index (κ1) is 12.9. The average Bonchev–Trinajstić information content (AvgIpc) is 2.91. The first-order valence-electron chi connectivity index (χ1n) is 5.70. The van der Waals surface area contributed by atoms with E-state index in [-0.39, 0.29) is 11.7 Å². The number of nitrogens with zero attached hydrogens (tertiary/aromatic N) is 3. The zero-order chi connectivity index (χ0) is 13.7. The smallest absolute Gasteiger partial charge is 0.251 e. The number of carbonyl (C=O) groups excluding carboxylic acids is 1. The quantitative estimate of drug-likeness (QED) is 0.815. The Hall–Kier alpha value is -2.57. The van der Waals surface area contributed by atoms with Crippen molar-refractivity contribution in [1.29, 1.82) is 0 Å². The molecule has 2 N–H and O–H groups in total. The van der Waals surface area contributed by atoms with Crippen LogP contribution in [-0.2, 0) is 6.54 Å². The van der Waals surface area contributed by atoms with Crippen LogP contribution in [-0.4, -0.2) is 39.7 Å². The molecule has 0 atom stereocenters. The number of amides is 1. The summed E-state index contributed by atoms with van der Waals surface area (Å²) in [6.45, 7) is 0.961. The molecule has 1 aromatic carbocycles. The number of rotatable bonds is 5. The molecule has 2 aromatic rings. The van der Waals surface area contributed by atoms with Gasteiger partial charge in [0.15, 0.2) is 11.5 Å². The lowest BCUT2D eigenvalue weighted by Gasteiger charge is -2.07. The van der Waals surface area contributed by atoms with Crippen molar-refractivity contribution in [1.82, 2.24) is 20.3 Å². The summed E-state index contributed by atoms with van der Waals surface area (Å²) in [6.07, 6.45) is 3.29. The van der Waals surface area contributed by atoms with Crippen LogP contribution in [0.4, 0.5) is 0 Å². The highest BCUT2D eigenvalue weighted by Crippen LogP contribution is 2.25. The van der Waals surface area contributed by atoms with E-state index in [1.165, 1.54) is 13.2 Å². The number of nitrogens with one attached hydrogen (secondary N) is 1. The summed E-state index contributed by atoms with van der Waals surface area (Å²) in [5, 5.41) is 19.8. The van der Waals surface area contributed by atoms with Gasteiger partial charge in [-0.1, -0.05) is 5.21 Å². The molecule has 0 saturated carbocycles. The number of aromatic hydroxyl groups is 1. The molecular formula is C12H14N4O3. The molecule has 0 aliphatic rings. The summed E-state index contributed by atoms with van der Waals surface area (Å²) >= 11 is 0. The van der Waals surface area contributed by atoms with Crippen molar-refractivity contribution in [3.63, 3.8) is 0 Å². The molecule has 0 unspecified atom stereocenters. The van der Waals surface area contributed by atoms with Crippen LogP contribution in [0.2, 0.25) is 0 Å². The third kappa shape index (κ3) is 3.21. The largest absolute Gasteiger partial charge is 0.504 e. The van der Waals surface area contributed by atoms with Crippen molar-refractivity contribution in [2.24, 2.45) is 0 Å². The second-order valence-corrected chi connectivity index (χ2v) is 3.81. The zero-order valence-electron chi connectivity index (χ0n) is 10.4. The van der Waals surface area contributed by atoms with Crippen LogP contribution in [0, 0.1) is 0 Å². The van der Waals surface area contributed by atoms with E-state index in [1.807, 2.05) is 0 Å². The van der Waals surface area contributed by atoms with Crippen LogP contribution < -0.4 is 10.1 Å². The first-order valence-corrected chi connectivity index (χ1v) is 5.70. The Morgan fingerprint density at radius 3 is 3.00 bits per heavy atom. The number of phenolic OH excluding ortho intramolecular Hbond substituents is 1. The molecule has 7 nitrogen and oxygen atoms in total. The molecule has 100 valence electrons. The van der Waals surface area contributed by atoms with Crippen molar-refractivity contribution in [3.05, 3.63) is 36.2 Å². The second kappa shape index (κ2) is 5.85. The Kier molecular flexibility index (Phi) is 3.97. The predicted molar refractivity (Wildman–Crippen MR) is 67.0 cm³/mol. The topological polar surface area (TPSA) is 89.3 Å². The maximum atomic E-state index is 11.8. The van der Waals surface area contributed by atoms with E-state index < -0.39 is 0 Å². The van der Waals surface area contributed by atoms with Crippen LogP contribution in [0.25, 0.3) is 0 Å². The highest BCUT2D eigenvalue weighted by molar-refractivity contribution is 5.94. The fourth-order valence-electron chi connectivity index (χ4n) is 1.57. The van der Waals surface area contributed by atoms with Crippen molar-refractivity contribution in [2.45, 2.75) is 6.54 Å². The van der Waals surface area contributed by atoms with Crippen LogP contribution in [0.3, 0.4) is 0 Å². The minimum atomic E-state index is -0.266. The SMILES string of the molecule is COc1ccc(C(=O)NCCn2ccnn2)cc1O. The van der Waals surface area contributed by atoms with Gasteiger partial charge in [-0.05, 0) is 18.2 Å². The zero-order valence-corrected chi connectivity index (χ0v) is 10.4. The number of ether oxygens (including phenoxy) is 1. The van der Waals surface area contributed by atoms with Gasteiger partial charge in [-0.2, -0.15) is 0 Å². The molecule has 0 aliphatic heterocycles. The van der Waals surface area contributed by atoms with Gasteiger partial charge in [-0.3, -0.25) is 9.48 Å². The lowest BCUT2D eigenvalue weighted by atomic mass is 10.2. The first-order chi connectivity index (χ1) is 9.20. The fourth-order valence-corrected chi connectivity index (χ4v) is 1.57. The van der Waals surface area contributed by atoms with Gasteiger partial charge in [0.1, 0.15) is 0 Å². The van der Waals surface area contributed by atoms with Crippen molar-refractivity contribution < 1.29 is 14.6 Å². The molecule has 1 aromatic heterocycles. The maximum Gasteiger partial charge on any atom is 0.251 e. The highest BCUT2D eigenvalue weighted by Gasteiger charge is 2.09. The molecular weight excluding hydrogens is 248 g/mol. The lowest BCUT2D eigenvalue weighted by Crippen LogP contribution is -2.27. The molecule has 0 fully saturated rings. The second-order valence-electron chi connectivity index (χ2n) is 3.81. The molecule has 0 bridgehead atoms. The minimum absolute atomic E-state index is 0.0635. The number of phenols is 1. The number of methoxy groups -OCH3 is 1. The van der Waals surface area contributed by atoms with E-state index in [2.05, 4.69) is 15.6 Å². The predicted octanol–water partition coefficient (Wildman–Crippen LogP) is 0.422. The van der Waals surface area contributed by atoms with Gasteiger partial charge in [0.2, 0.25) is 0 Å². The fraction of sp³-hybridized carbons (Fsp3) is 0.250. The van der Waals surface area contributed by atoms with Gasteiger partial charge < -0.3 is 15.2 Å². The summed E-state index contributed by atoms with van der Waals surface area (Å²) < 4.78 is 6.53. The third-order valence-corrected chi connectivity index (χ3v) is 2.54. The summed E-state index contributed by atoms with van der Waals surface area (Å²) in [7, 11) is 1.45. The van der Waals surface area contributed by atoms with Gasteiger partial charge in [0, 0.05) is 18.3 Å². The molecule has 0 radical (unpaired) electrons. The minimum Gasteiger partial charge on any atom is -0.504 e. The summed E-state index contributed by atoms with van der Waals surface area (Å²) in [6, 6.07) is 4.49. The van der Waals surface area contributed by atoms with Crippen molar-refractivity contribution in [2.75, 3.05) is 13.7 Å². The lowest BCUT2D eigenvalue weighted by molar-refractivity contribution is 0.0951. The van der Waals surface area contributed by atoms with Crippen LogP contribution in [0.15, 0.2) is 30.6 Å². The molecule has 19 heavy (non-hydrogen) atoms. The van der Waals surface area contributed by atoms with Gasteiger partial charge in [0.05, 0.1) is 19.9 Å². The van der Waals surface area contributed by atoms with Crippen LogP contribution in [0.5, 0.6) is 11.5 Å². The average molecular weight is 262 g/mol. The van der Waals surface area contributed by atoms with E-state index in [9.17, 15) is 9.90 Å². The number of carbonyl (C=O) groups is 1. The monoisotopic (exact) mass is 262 g/mol. The summed E-state index contributed by atoms with van der Waals surface area (Å²) in [5.74, 6) is 0.00339. The van der Waals surface area contributed by atoms with E-state index in [0.717, 1.165) is 0 Å². The molecule has 0 spiro atoms. The van der Waals surface area contributed by atoms with Gasteiger partial charge in [0.25, 0.3) is 5.91 Å². The Bertz CT molecular complexity index is 554. The summed E-state index contributed by atoms with van der Waals surface area (Å²) in [4.78, 5) is 11.8. The van der Waals surface area contributed by atoms with E-state index >= 15 is 0 Å². The van der Waals surface area contributed by atoms with Crippen molar-refractivity contribution in [3.8, 4) is 11.5 Å². The number of benzene rings is 1. The van der Waals surface area contributed by atoms with Gasteiger partial charge in [-0.25, -0.2) is 0 Å². The summed E-state index contributed by atoms with van der Waals surface area (Å²) in [5.41, 5.74) is 0.372. The van der Waals surface area contributed by atoms with Crippen LogP contribution in [0.1, 0.15) is 10.4 Å². The molecule has 0 aliphatic carbocycles. The molecule has 7 heteroatoms. The van der Waals surface area contributed by atoms with E-state index in [1.54, 1.807) is 29.2 Å². The van der Waals surface area contributed by atoms with Crippen molar-refractivity contribution >= 4 is 5.91 Å². The molecule has 0 saturated heterocycles. The van der Waals surface area contributed by atoms with Crippen LogP contribution >= 0.6 is 0 Å². The Balaban J connectivity index is 1.91. The molecule has 1 amide bonds. The number of hydrogen-bond acceptors (Lipinski definition) is 5. The maximum absolute atomic E-state index is 11.8. The Morgan fingerprint density at radius 1 is 1.53 bits per heavy atom. The van der Waals surface area contributed by atoms with Gasteiger partial charge >= 0.3 is 0 Å². The van der Waals surface area contributed by atoms with Gasteiger partial charge in [-0.15, -0.1) is 5.10 Å². The van der Waals surface area contributed by atoms with E-state index in [0.29, 0.717) is 24.4 Å². The van der Waals surface area contributed by atoms with E-state index in [4.69, 9.17) is 4.74 Å². The number of aromatic nitrogens is 3. The number of hydrogen-bond donors (Lipinski definition) is 2.